The number of nitrogens with one attached hydrogen (secondary N) is 3. The maximum atomic E-state index is 6.60. The van der Waals surface area contributed by atoms with Gasteiger partial charge in [-0.25, -0.2) is 9.97 Å². The van der Waals surface area contributed by atoms with Crippen LogP contribution >= 0.6 is 11.6 Å². The third kappa shape index (κ3) is 5.89. The zero-order valence-electron chi connectivity index (χ0n) is 23.4. The molecule has 3 N–H and O–H groups in total. The lowest BCUT2D eigenvalue weighted by Gasteiger charge is -2.36. The van der Waals surface area contributed by atoms with Crippen molar-refractivity contribution in [3.63, 3.8) is 0 Å². The number of anilines is 3. The number of hydrogen-bond donors (Lipinski definition) is 3. The predicted molar refractivity (Wildman–Crippen MR) is 163 cm³/mol. The van der Waals surface area contributed by atoms with E-state index < -0.39 is 0 Å². The van der Waals surface area contributed by atoms with E-state index in [1.165, 1.54) is 5.69 Å². The van der Waals surface area contributed by atoms with E-state index in [4.69, 9.17) is 16.6 Å². The number of H-pyrrole nitrogens is 1. The second kappa shape index (κ2) is 12.0. The van der Waals surface area contributed by atoms with Gasteiger partial charge in [-0.3, -0.25) is 9.58 Å². The van der Waals surface area contributed by atoms with E-state index in [0.717, 1.165) is 106 Å². The molecule has 3 aromatic heterocycles. The van der Waals surface area contributed by atoms with Gasteiger partial charge in [-0.05, 0) is 43.7 Å². The van der Waals surface area contributed by atoms with Gasteiger partial charge in [-0.1, -0.05) is 18.5 Å². The number of rotatable bonds is 9. The summed E-state index contributed by atoms with van der Waals surface area (Å²) < 4.78 is 1.87. The van der Waals surface area contributed by atoms with Crippen molar-refractivity contribution < 1.29 is 0 Å². The molecule has 0 atom stereocenters. The smallest absolute Gasteiger partial charge is 0.159 e. The zero-order chi connectivity index (χ0) is 27.5. The fraction of sp³-hybridized carbons (Fsp3) is 0.483. The Kier molecular flexibility index (Phi) is 8.08. The normalized spacial score (nSPS) is 17.5. The van der Waals surface area contributed by atoms with Gasteiger partial charge in [-0.2, -0.15) is 5.10 Å². The molecule has 1 aromatic carbocycles. The van der Waals surface area contributed by atoms with Gasteiger partial charge in [0.25, 0.3) is 0 Å². The van der Waals surface area contributed by atoms with Gasteiger partial charge in [0.15, 0.2) is 5.65 Å². The number of piperidine rings is 1. The summed E-state index contributed by atoms with van der Waals surface area (Å²) >= 11 is 6.60. The Morgan fingerprint density at radius 2 is 1.77 bits per heavy atom. The largest absolute Gasteiger partial charge is 0.379 e. The molecule has 2 saturated heterocycles. The Labute approximate surface area is 240 Å². The first-order valence-corrected chi connectivity index (χ1v) is 14.8. The Morgan fingerprint density at radius 1 is 1.00 bits per heavy atom. The number of aromatic nitrogens is 5. The summed E-state index contributed by atoms with van der Waals surface area (Å²) in [5.74, 6) is 1.87. The van der Waals surface area contributed by atoms with Crippen molar-refractivity contribution in [2.45, 2.75) is 25.8 Å². The molecule has 10 nitrogen and oxygen atoms in total. The lowest BCUT2D eigenvalue weighted by molar-refractivity contribution is 0.229. The molecule has 11 heteroatoms. The number of halogens is 1. The summed E-state index contributed by atoms with van der Waals surface area (Å²) in [5, 5.41) is 12.0. The molecular weight excluding hydrogens is 524 g/mol. The molecule has 6 rings (SSSR count). The van der Waals surface area contributed by atoms with Crippen molar-refractivity contribution in [1.29, 1.82) is 0 Å². The number of nitrogens with zero attached hydrogens (tertiary/aromatic N) is 7. The average molecular weight is 563 g/mol. The fourth-order valence-electron chi connectivity index (χ4n) is 5.75. The maximum Gasteiger partial charge on any atom is 0.159 e. The lowest BCUT2D eigenvalue weighted by Crippen LogP contribution is -2.47. The van der Waals surface area contributed by atoms with Crippen LogP contribution in [0.3, 0.4) is 0 Å². The highest BCUT2D eigenvalue weighted by atomic mass is 35.5. The summed E-state index contributed by atoms with van der Waals surface area (Å²) in [6, 6.07) is 11.1. The first-order valence-electron chi connectivity index (χ1n) is 14.4. The van der Waals surface area contributed by atoms with Crippen LogP contribution in [-0.4, -0.2) is 99.5 Å². The minimum absolute atomic E-state index is 0.392. The van der Waals surface area contributed by atoms with E-state index >= 15 is 0 Å². The van der Waals surface area contributed by atoms with Gasteiger partial charge < -0.3 is 25.4 Å². The quantitative estimate of drug-likeness (QED) is 0.280. The Hall–Kier alpha value is -3.34. The standard InChI is InChI=1S/C29H39ClN10/c1-3-38-13-9-22(10-14-38)34-26-24(30)20-32-29-27(26)35-28(36-29)21-4-6-23(7-5-21)40-18-16-39(17-19-40)15-12-31-25-8-11-33-37(25)2/h4-8,11,20,22,31H,3,9-10,12-19H2,1-2H3,(H2,32,34,35,36). The molecule has 0 saturated carbocycles. The molecule has 4 aromatic rings. The van der Waals surface area contributed by atoms with Crippen LogP contribution in [0.5, 0.6) is 0 Å². The van der Waals surface area contributed by atoms with Crippen molar-refractivity contribution in [1.82, 2.24) is 34.5 Å². The number of fused-ring (bicyclic) bond motifs is 1. The molecule has 0 aliphatic carbocycles. The summed E-state index contributed by atoms with van der Waals surface area (Å²) in [6.07, 6.45) is 5.74. The first kappa shape index (κ1) is 26.9. The minimum atomic E-state index is 0.392. The van der Waals surface area contributed by atoms with Crippen LogP contribution < -0.4 is 15.5 Å². The SMILES string of the molecule is CCN1CCC(Nc2c(Cl)cnc3[nH]c(-c4ccc(N5CCN(CCNc6ccnn6C)CC5)cc4)nc23)CC1. The highest BCUT2D eigenvalue weighted by molar-refractivity contribution is 6.34. The Bertz CT molecular complexity index is 1400. The highest BCUT2D eigenvalue weighted by Gasteiger charge is 2.22. The topological polar surface area (TPSA) is 93.2 Å². The monoisotopic (exact) mass is 562 g/mol. The molecular formula is C29H39ClN10. The molecule has 0 unspecified atom stereocenters. The molecule has 0 bridgehead atoms. The summed E-state index contributed by atoms with van der Waals surface area (Å²) in [6.45, 7) is 11.6. The van der Waals surface area contributed by atoms with Crippen molar-refractivity contribution in [3.8, 4) is 11.4 Å². The van der Waals surface area contributed by atoms with Crippen LogP contribution in [0.2, 0.25) is 5.02 Å². The fourth-order valence-corrected chi connectivity index (χ4v) is 5.94. The maximum absolute atomic E-state index is 6.60. The third-order valence-electron chi connectivity index (χ3n) is 8.28. The van der Waals surface area contributed by atoms with Gasteiger partial charge in [0.2, 0.25) is 0 Å². The number of aromatic amines is 1. The molecule has 0 spiro atoms. The van der Waals surface area contributed by atoms with Crippen molar-refractivity contribution >= 4 is 40.0 Å². The number of likely N-dealkylation sites (tertiary alicyclic amines) is 1. The van der Waals surface area contributed by atoms with Crippen molar-refractivity contribution in [2.24, 2.45) is 7.05 Å². The molecule has 40 heavy (non-hydrogen) atoms. The predicted octanol–water partition coefficient (Wildman–Crippen LogP) is 4.14. The van der Waals surface area contributed by atoms with E-state index in [-0.39, 0.29) is 0 Å². The van der Waals surface area contributed by atoms with E-state index in [2.05, 4.69) is 71.6 Å². The zero-order valence-corrected chi connectivity index (χ0v) is 24.2. The molecule has 2 aliphatic heterocycles. The van der Waals surface area contributed by atoms with Crippen LogP contribution in [0.4, 0.5) is 17.2 Å². The molecule has 2 fully saturated rings. The lowest BCUT2D eigenvalue weighted by atomic mass is 10.0. The van der Waals surface area contributed by atoms with Gasteiger partial charge >= 0.3 is 0 Å². The second-order valence-corrected chi connectivity index (χ2v) is 11.2. The molecule has 0 radical (unpaired) electrons. The Balaban J connectivity index is 1.07. The highest BCUT2D eigenvalue weighted by Crippen LogP contribution is 2.32. The van der Waals surface area contributed by atoms with Crippen molar-refractivity contribution in [2.75, 3.05) is 74.4 Å². The van der Waals surface area contributed by atoms with E-state index in [1.807, 2.05) is 24.0 Å². The average Bonchev–Trinajstić information content (AvgIpc) is 3.62. The van der Waals surface area contributed by atoms with Crippen LogP contribution in [0.25, 0.3) is 22.6 Å². The van der Waals surface area contributed by atoms with E-state index in [9.17, 15) is 0 Å². The minimum Gasteiger partial charge on any atom is -0.379 e. The van der Waals surface area contributed by atoms with Gasteiger partial charge in [0, 0.05) is 82.8 Å². The number of hydrogen-bond acceptors (Lipinski definition) is 8. The molecule has 0 amide bonds. The molecule has 5 heterocycles. The van der Waals surface area contributed by atoms with Gasteiger partial charge in [0.1, 0.15) is 17.2 Å². The van der Waals surface area contributed by atoms with Gasteiger partial charge in [-0.15, -0.1) is 0 Å². The number of piperazine rings is 1. The summed E-state index contributed by atoms with van der Waals surface area (Å²) in [4.78, 5) is 20.3. The van der Waals surface area contributed by atoms with Crippen LogP contribution in [0.1, 0.15) is 19.8 Å². The van der Waals surface area contributed by atoms with E-state index in [0.29, 0.717) is 11.1 Å². The number of benzene rings is 1. The van der Waals surface area contributed by atoms with Crippen LogP contribution in [-0.2, 0) is 7.05 Å². The molecule has 212 valence electrons. The van der Waals surface area contributed by atoms with Crippen LogP contribution in [0.15, 0.2) is 42.7 Å². The van der Waals surface area contributed by atoms with E-state index in [1.54, 1.807) is 6.20 Å². The first-order chi connectivity index (χ1) is 19.6. The number of pyridine rings is 1. The molecule has 2 aliphatic rings. The van der Waals surface area contributed by atoms with Gasteiger partial charge in [0.05, 0.1) is 23.1 Å². The van der Waals surface area contributed by atoms with Crippen LogP contribution in [0, 0.1) is 0 Å². The Morgan fingerprint density at radius 3 is 2.48 bits per heavy atom. The third-order valence-corrected chi connectivity index (χ3v) is 8.57. The number of imidazole rings is 1. The summed E-state index contributed by atoms with van der Waals surface area (Å²) in [7, 11) is 1.96. The number of aryl methyl sites for hydroxylation is 1. The second-order valence-electron chi connectivity index (χ2n) is 10.8. The summed E-state index contributed by atoms with van der Waals surface area (Å²) in [5.41, 5.74) is 4.73. The van der Waals surface area contributed by atoms with Crippen molar-refractivity contribution in [3.05, 3.63) is 47.7 Å².